The lowest BCUT2D eigenvalue weighted by atomic mass is 10.0. The van der Waals surface area contributed by atoms with Crippen LogP contribution in [-0.4, -0.2) is 18.6 Å². The summed E-state index contributed by atoms with van der Waals surface area (Å²) in [6.07, 6.45) is 0.596. The summed E-state index contributed by atoms with van der Waals surface area (Å²) in [5.41, 5.74) is 0.0503. The Morgan fingerprint density at radius 1 is 1.41 bits per heavy atom. The third-order valence-corrected chi connectivity index (χ3v) is 2.97. The fraction of sp³-hybridized carbons (Fsp3) is 0.462. The van der Waals surface area contributed by atoms with Gasteiger partial charge in [-0.2, -0.15) is 0 Å². The highest BCUT2D eigenvalue weighted by molar-refractivity contribution is 5.84. The fourth-order valence-electron chi connectivity index (χ4n) is 1.37. The van der Waals surface area contributed by atoms with Crippen molar-refractivity contribution in [1.82, 2.24) is 5.32 Å². The first kappa shape index (κ1) is 13.6. The van der Waals surface area contributed by atoms with Crippen molar-refractivity contribution in [3.63, 3.8) is 0 Å². The highest BCUT2D eigenvalue weighted by Gasteiger charge is 2.30. The van der Waals surface area contributed by atoms with E-state index in [1.165, 1.54) is 19.2 Å². The molecule has 1 amide bonds. The van der Waals surface area contributed by atoms with Gasteiger partial charge in [0.25, 0.3) is 5.91 Å². The van der Waals surface area contributed by atoms with Crippen molar-refractivity contribution in [3.05, 3.63) is 35.6 Å². The molecule has 0 aromatic heterocycles. The van der Waals surface area contributed by atoms with Crippen molar-refractivity contribution in [2.24, 2.45) is 0 Å². The average molecular weight is 239 g/mol. The molecular formula is C13H18FNO2. The molecular weight excluding hydrogens is 221 g/mol. The molecule has 1 aromatic rings. The zero-order valence-electron chi connectivity index (χ0n) is 10.4. The second-order valence-corrected chi connectivity index (χ2v) is 4.10. The van der Waals surface area contributed by atoms with E-state index in [2.05, 4.69) is 5.32 Å². The van der Waals surface area contributed by atoms with Gasteiger partial charge in [-0.3, -0.25) is 4.79 Å². The normalized spacial score (nSPS) is 14.1. The van der Waals surface area contributed by atoms with Gasteiger partial charge in [0, 0.05) is 13.7 Å². The van der Waals surface area contributed by atoms with Crippen LogP contribution in [0, 0.1) is 5.82 Å². The van der Waals surface area contributed by atoms with Gasteiger partial charge in [0.15, 0.2) is 0 Å². The van der Waals surface area contributed by atoms with Crippen LogP contribution in [-0.2, 0) is 16.1 Å². The predicted octanol–water partition coefficient (Wildman–Crippen LogP) is 2.26. The van der Waals surface area contributed by atoms with Gasteiger partial charge in [-0.05, 0) is 31.0 Å². The van der Waals surface area contributed by atoms with Gasteiger partial charge in [-0.1, -0.05) is 19.1 Å². The Balaban J connectivity index is 2.56. The van der Waals surface area contributed by atoms with Crippen molar-refractivity contribution in [1.29, 1.82) is 0 Å². The van der Waals surface area contributed by atoms with Crippen LogP contribution < -0.4 is 5.32 Å². The third-order valence-electron chi connectivity index (χ3n) is 2.97. The maximum Gasteiger partial charge on any atom is 0.252 e. The lowest BCUT2D eigenvalue weighted by Gasteiger charge is -2.25. The number of halogens is 1. The second-order valence-electron chi connectivity index (χ2n) is 4.10. The lowest BCUT2D eigenvalue weighted by Crippen LogP contribution is -2.45. The number of hydrogen-bond donors (Lipinski definition) is 1. The minimum Gasteiger partial charge on any atom is -0.369 e. The maximum absolute atomic E-state index is 12.7. The molecule has 3 nitrogen and oxygen atoms in total. The van der Waals surface area contributed by atoms with Crippen LogP contribution in [0.3, 0.4) is 0 Å². The molecule has 1 aromatic carbocycles. The van der Waals surface area contributed by atoms with Crippen LogP contribution in [0.1, 0.15) is 25.8 Å². The van der Waals surface area contributed by atoms with Crippen LogP contribution in [0.2, 0.25) is 0 Å². The topological polar surface area (TPSA) is 38.3 Å². The molecule has 0 radical (unpaired) electrons. The molecule has 0 spiro atoms. The lowest BCUT2D eigenvalue weighted by molar-refractivity contribution is -0.142. The summed E-state index contributed by atoms with van der Waals surface area (Å²) < 4.78 is 17.9. The maximum atomic E-state index is 12.7. The molecule has 0 saturated carbocycles. The van der Waals surface area contributed by atoms with Crippen LogP contribution in [0.5, 0.6) is 0 Å². The van der Waals surface area contributed by atoms with E-state index in [-0.39, 0.29) is 11.7 Å². The van der Waals surface area contributed by atoms with Crippen molar-refractivity contribution >= 4 is 5.91 Å². The molecule has 1 atom stereocenters. The summed E-state index contributed by atoms with van der Waals surface area (Å²) in [6.45, 7) is 4.01. The summed E-state index contributed by atoms with van der Waals surface area (Å²) in [6, 6.07) is 6.03. The minimum absolute atomic E-state index is 0.160. The van der Waals surface area contributed by atoms with Gasteiger partial charge < -0.3 is 10.1 Å². The number of carbonyl (C=O) groups is 1. The standard InChI is InChI=1S/C13H18FNO2/c1-4-13(2,17-3)12(16)15-9-10-5-7-11(14)8-6-10/h5-8H,4,9H2,1-3H3,(H,15,16). The van der Waals surface area contributed by atoms with Crippen molar-refractivity contribution in [3.8, 4) is 0 Å². The molecule has 4 heteroatoms. The van der Waals surface area contributed by atoms with Crippen molar-refractivity contribution in [2.45, 2.75) is 32.4 Å². The second kappa shape index (κ2) is 5.77. The Bertz CT molecular complexity index is 372. The third kappa shape index (κ3) is 3.53. The molecule has 0 aliphatic carbocycles. The quantitative estimate of drug-likeness (QED) is 0.856. The monoisotopic (exact) mass is 239 g/mol. The van der Waals surface area contributed by atoms with E-state index in [9.17, 15) is 9.18 Å². The number of benzene rings is 1. The van der Waals surface area contributed by atoms with Gasteiger partial charge in [0.05, 0.1) is 0 Å². The number of ether oxygens (including phenoxy) is 1. The van der Waals surface area contributed by atoms with E-state index < -0.39 is 5.60 Å². The molecule has 0 heterocycles. The zero-order chi connectivity index (χ0) is 12.9. The first-order valence-electron chi connectivity index (χ1n) is 5.59. The van der Waals surface area contributed by atoms with Crippen LogP contribution in [0.4, 0.5) is 4.39 Å². The zero-order valence-corrected chi connectivity index (χ0v) is 10.4. The largest absolute Gasteiger partial charge is 0.369 e. The van der Waals surface area contributed by atoms with Crippen LogP contribution in [0.25, 0.3) is 0 Å². The fourth-order valence-corrected chi connectivity index (χ4v) is 1.37. The summed E-state index contributed by atoms with van der Waals surface area (Å²) >= 11 is 0. The van der Waals surface area contributed by atoms with E-state index >= 15 is 0 Å². The van der Waals surface area contributed by atoms with Gasteiger partial charge in [0.2, 0.25) is 0 Å². The highest BCUT2D eigenvalue weighted by atomic mass is 19.1. The van der Waals surface area contributed by atoms with Crippen LogP contribution >= 0.6 is 0 Å². The molecule has 1 rings (SSSR count). The number of rotatable bonds is 5. The van der Waals surface area contributed by atoms with E-state index in [4.69, 9.17) is 4.74 Å². The molecule has 0 fully saturated rings. The molecule has 0 aliphatic rings. The Morgan fingerprint density at radius 3 is 2.47 bits per heavy atom. The molecule has 0 saturated heterocycles. The van der Waals surface area contributed by atoms with E-state index in [1.54, 1.807) is 19.1 Å². The molecule has 1 N–H and O–H groups in total. The van der Waals surface area contributed by atoms with E-state index in [1.807, 2.05) is 6.92 Å². The average Bonchev–Trinajstić information content (AvgIpc) is 2.36. The van der Waals surface area contributed by atoms with Gasteiger partial charge >= 0.3 is 0 Å². The summed E-state index contributed by atoms with van der Waals surface area (Å²) in [5, 5.41) is 2.77. The number of methoxy groups -OCH3 is 1. The Hall–Kier alpha value is -1.42. The van der Waals surface area contributed by atoms with Crippen molar-refractivity contribution < 1.29 is 13.9 Å². The first-order valence-corrected chi connectivity index (χ1v) is 5.59. The number of hydrogen-bond acceptors (Lipinski definition) is 2. The minimum atomic E-state index is -0.806. The predicted molar refractivity (Wildman–Crippen MR) is 64.0 cm³/mol. The SMILES string of the molecule is CCC(C)(OC)C(=O)NCc1ccc(F)cc1. The van der Waals surface area contributed by atoms with E-state index in [0.29, 0.717) is 13.0 Å². The Labute approximate surface area is 101 Å². The van der Waals surface area contributed by atoms with Crippen LogP contribution in [0.15, 0.2) is 24.3 Å². The molecule has 0 aliphatic heterocycles. The molecule has 17 heavy (non-hydrogen) atoms. The molecule has 0 bridgehead atoms. The summed E-state index contributed by atoms with van der Waals surface area (Å²) in [5.74, 6) is -0.442. The number of carbonyl (C=O) groups excluding carboxylic acids is 1. The van der Waals surface area contributed by atoms with Gasteiger partial charge in [0.1, 0.15) is 11.4 Å². The summed E-state index contributed by atoms with van der Waals surface area (Å²) in [7, 11) is 1.51. The molecule has 1 unspecified atom stereocenters. The summed E-state index contributed by atoms with van der Waals surface area (Å²) in [4.78, 5) is 11.9. The number of amides is 1. The Kier molecular flexibility index (Phi) is 4.63. The number of nitrogens with one attached hydrogen (secondary N) is 1. The van der Waals surface area contributed by atoms with Crippen molar-refractivity contribution in [2.75, 3.05) is 7.11 Å². The highest BCUT2D eigenvalue weighted by Crippen LogP contribution is 2.14. The molecule has 94 valence electrons. The van der Waals surface area contributed by atoms with Gasteiger partial charge in [-0.25, -0.2) is 4.39 Å². The Morgan fingerprint density at radius 2 is 2.00 bits per heavy atom. The van der Waals surface area contributed by atoms with Gasteiger partial charge in [-0.15, -0.1) is 0 Å². The van der Waals surface area contributed by atoms with E-state index in [0.717, 1.165) is 5.56 Å². The first-order chi connectivity index (χ1) is 8.01. The smallest absolute Gasteiger partial charge is 0.252 e.